The minimum atomic E-state index is -0.433. The molecule has 5 nitrogen and oxygen atoms in total. The maximum Gasteiger partial charge on any atom is 0.271 e. The highest BCUT2D eigenvalue weighted by atomic mass is 16.6. The third-order valence-corrected chi connectivity index (χ3v) is 5.49. The van der Waals surface area contributed by atoms with Gasteiger partial charge in [-0.25, -0.2) is 0 Å². The van der Waals surface area contributed by atoms with Gasteiger partial charge in [0, 0.05) is 18.1 Å². The molecule has 3 rings (SSSR count). The first-order valence-corrected chi connectivity index (χ1v) is 9.44. The van der Waals surface area contributed by atoms with E-state index in [1.165, 1.54) is 12.1 Å². The van der Waals surface area contributed by atoms with Crippen LogP contribution in [0.2, 0.25) is 0 Å². The number of nitrogens with zero attached hydrogens (tertiary/aromatic N) is 1. The largest absolute Gasteiger partial charge is 0.325 e. The zero-order valence-corrected chi connectivity index (χ0v) is 15.2. The molecule has 0 heterocycles. The van der Waals surface area contributed by atoms with Gasteiger partial charge in [0.15, 0.2) is 0 Å². The lowest BCUT2D eigenvalue weighted by atomic mass is 10.1. The predicted octanol–water partition coefficient (Wildman–Crippen LogP) is 5.17. The van der Waals surface area contributed by atoms with Gasteiger partial charge in [-0.15, -0.1) is 0 Å². The Morgan fingerprint density at radius 3 is 2.19 bits per heavy atom. The highest BCUT2D eigenvalue weighted by Crippen LogP contribution is 2.52. The summed E-state index contributed by atoms with van der Waals surface area (Å²) in [6.45, 7) is 1.85. The van der Waals surface area contributed by atoms with Gasteiger partial charge < -0.3 is 5.32 Å². The standard InChI is InChI=1S/C21H26N2O3/c1-15-12-13-16(23(25)26)14-19(15)22-21(24)20-17-10-8-6-4-2-3-5-7-9-11-18(17)20/h4-7,12-14,17-18,20H,2-3,8-11H2,1H3,(H,22,24)/b6-4-,7-5-/t17-,18+,20?. The molecule has 3 atom stereocenters. The summed E-state index contributed by atoms with van der Waals surface area (Å²) in [6, 6.07) is 4.60. The number of fused-ring (bicyclic) bond motifs is 1. The molecular formula is C21H26N2O3. The topological polar surface area (TPSA) is 72.2 Å². The van der Waals surface area contributed by atoms with Crippen LogP contribution in [0.4, 0.5) is 11.4 Å². The van der Waals surface area contributed by atoms with Crippen LogP contribution >= 0.6 is 0 Å². The third-order valence-electron chi connectivity index (χ3n) is 5.49. The number of anilines is 1. The SMILES string of the molecule is Cc1ccc([N+](=O)[O-])cc1NC(=O)C1[C@H]2CC/C=C\CC/C=C\CC[C@@H]12. The number of benzene rings is 1. The molecule has 1 unspecified atom stereocenters. The molecule has 0 saturated heterocycles. The van der Waals surface area contributed by atoms with Crippen LogP contribution in [0.15, 0.2) is 42.5 Å². The second-order valence-corrected chi connectivity index (χ2v) is 7.27. The summed E-state index contributed by atoms with van der Waals surface area (Å²) in [6.07, 6.45) is 15.2. The summed E-state index contributed by atoms with van der Waals surface area (Å²) < 4.78 is 0. The van der Waals surface area contributed by atoms with E-state index in [-0.39, 0.29) is 17.5 Å². The number of nitro benzene ring substituents is 1. The van der Waals surface area contributed by atoms with E-state index in [0.717, 1.165) is 44.1 Å². The Balaban J connectivity index is 1.68. The number of hydrogen-bond acceptors (Lipinski definition) is 3. The van der Waals surface area contributed by atoms with Crippen molar-refractivity contribution in [2.75, 3.05) is 5.32 Å². The summed E-state index contributed by atoms with van der Waals surface area (Å²) in [5.74, 6) is 0.876. The summed E-state index contributed by atoms with van der Waals surface area (Å²) in [4.78, 5) is 23.3. The van der Waals surface area contributed by atoms with Crippen molar-refractivity contribution in [3.8, 4) is 0 Å². The number of carbonyl (C=O) groups is 1. The molecule has 0 bridgehead atoms. The lowest BCUT2D eigenvalue weighted by Crippen LogP contribution is -2.16. The monoisotopic (exact) mass is 354 g/mol. The van der Waals surface area contributed by atoms with E-state index in [1.807, 2.05) is 6.92 Å². The van der Waals surface area contributed by atoms with Crippen molar-refractivity contribution in [1.82, 2.24) is 0 Å². The Morgan fingerprint density at radius 1 is 1.04 bits per heavy atom. The molecule has 1 aromatic carbocycles. The quantitative estimate of drug-likeness (QED) is 0.462. The van der Waals surface area contributed by atoms with Crippen LogP contribution in [0.3, 0.4) is 0 Å². The van der Waals surface area contributed by atoms with Crippen molar-refractivity contribution in [2.45, 2.75) is 45.4 Å². The van der Waals surface area contributed by atoms with Crippen molar-refractivity contribution in [3.63, 3.8) is 0 Å². The summed E-state index contributed by atoms with van der Waals surface area (Å²) >= 11 is 0. The fourth-order valence-corrected chi connectivity index (χ4v) is 3.94. The molecular weight excluding hydrogens is 328 g/mol. The molecule has 0 aromatic heterocycles. The number of nitrogens with one attached hydrogen (secondary N) is 1. The van der Waals surface area contributed by atoms with E-state index in [1.54, 1.807) is 6.07 Å². The van der Waals surface area contributed by atoms with Crippen LogP contribution in [0.1, 0.15) is 44.1 Å². The molecule has 26 heavy (non-hydrogen) atoms. The average molecular weight is 354 g/mol. The van der Waals surface area contributed by atoms with Gasteiger partial charge in [-0.05, 0) is 62.8 Å². The van der Waals surface area contributed by atoms with E-state index in [0.29, 0.717) is 17.5 Å². The maximum absolute atomic E-state index is 12.8. The minimum absolute atomic E-state index is 0.00321. The molecule has 2 aliphatic rings. The van der Waals surface area contributed by atoms with Crippen LogP contribution in [-0.2, 0) is 4.79 Å². The van der Waals surface area contributed by atoms with Gasteiger partial charge >= 0.3 is 0 Å². The Bertz CT molecular complexity index is 715. The normalized spacial score (nSPS) is 28.0. The van der Waals surface area contributed by atoms with Crippen molar-refractivity contribution in [2.24, 2.45) is 17.8 Å². The number of amides is 1. The summed E-state index contributed by atoms with van der Waals surface area (Å²) in [7, 11) is 0. The number of aryl methyl sites for hydroxylation is 1. The molecule has 1 aromatic rings. The number of rotatable bonds is 3. The number of nitro groups is 1. The van der Waals surface area contributed by atoms with E-state index in [9.17, 15) is 14.9 Å². The number of non-ortho nitro benzene ring substituents is 1. The van der Waals surface area contributed by atoms with E-state index in [4.69, 9.17) is 0 Å². The molecule has 1 N–H and O–H groups in total. The molecule has 5 heteroatoms. The molecule has 0 radical (unpaired) electrons. The van der Waals surface area contributed by atoms with Crippen LogP contribution in [0.25, 0.3) is 0 Å². The van der Waals surface area contributed by atoms with E-state index < -0.39 is 4.92 Å². The highest BCUT2D eigenvalue weighted by molar-refractivity contribution is 5.95. The van der Waals surface area contributed by atoms with Gasteiger partial charge in [0.25, 0.3) is 5.69 Å². The Hall–Kier alpha value is -2.43. The zero-order valence-electron chi connectivity index (χ0n) is 15.2. The van der Waals surface area contributed by atoms with E-state index in [2.05, 4.69) is 29.6 Å². The molecule has 0 spiro atoms. The van der Waals surface area contributed by atoms with Crippen molar-refractivity contribution < 1.29 is 9.72 Å². The van der Waals surface area contributed by atoms with Crippen LogP contribution < -0.4 is 5.32 Å². The second-order valence-electron chi connectivity index (χ2n) is 7.27. The zero-order chi connectivity index (χ0) is 18.5. The number of hydrogen-bond donors (Lipinski definition) is 1. The summed E-state index contributed by atoms with van der Waals surface area (Å²) in [5.41, 5.74) is 1.39. The van der Waals surface area contributed by atoms with Crippen molar-refractivity contribution in [1.29, 1.82) is 0 Å². The Labute approximate surface area is 154 Å². The molecule has 138 valence electrons. The van der Waals surface area contributed by atoms with E-state index >= 15 is 0 Å². The third kappa shape index (κ3) is 4.40. The van der Waals surface area contributed by atoms with Crippen LogP contribution in [0.5, 0.6) is 0 Å². The van der Waals surface area contributed by atoms with Crippen LogP contribution in [0, 0.1) is 34.8 Å². The van der Waals surface area contributed by atoms with Gasteiger partial charge in [-0.3, -0.25) is 14.9 Å². The second kappa shape index (κ2) is 8.30. The first kappa shape index (κ1) is 18.4. The lowest BCUT2D eigenvalue weighted by Gasteiger charge is -2.08. The Kier molecular flexibility index (Phi) is 5.86. The predicted molar refractivity (Wildman–Crippen MR) is 103 cm³/mol. The van der Waals surface area contributed by atoms with Crippen LogP contribution in [-0.4, -0.2) is 10.8 Å². The van der Waals surface area contributed by atoms with Gasteiger partial charge in [0.05, 0.1) is 10.6 Å². The van der Waals surface area contributed by atoms with Gasteiger partial charge in [-0.2, -0.15) is 0 Å². The molecule has 1 saturated carbocycles. The number of carbonyl (C=O) groups excluding carboxylic acids is 1. The maximum atomic E-state index is 12.8. The highest BCUT2D eigenvalue weighted by Gasteiger charge is 2.52. The van der Waals surface area contributed by atoms with Crippen molar-refractivity contribution in [3.05, 3.63) is 58.2 Å². The first-order valence-electron chi connectivity index (χ1n) is 9.44. The fourth-order valence-electron chi connectivity index (χ4n) is 3.94. The smallest absolute Gasteiger partial charge is 0.271 e. The lowest BCUT2D eigenvalue weighted by molar-refractivity contribution is -0.384. The summed E-state index contributed by atoms with van der Waals surface area (Å²) in [5, 5.41) is 13.9. The molecule has 2 aliphatic carbocycles. The molecule has 0 aliphatic heterocycles. The van der Waals surface area contributed by atoms with Crippen molar-refractivity contribution >= 4 is 17.3 Å². The minimum Gasteiger partial charge on any atom is -0.325 e. The van der Waals surface area contributed by atoms with Gasteiger partial charge in [0.1, 0.15) is 0 Å². The molecule has 1 fully saturated rings. The van der Waals surface area contributed by atoms with Gasteiger partial charge in [0.2, 0.25) is 5.91 Å². The number of allylic oxidation sites excluding steroid dienone is 4. The van der Waals surface area contributed by atoms with Gasteiger partial charge in [-0.1, -0.05) is 30.4 Å². The Morgan fingerprint density at radius 2 is 1.62 bits per heavy atom. The molecule has 1 amide bonds. The first-order chi connectivity index (χ1) is 12.6. The average Bonchev–Trinajstić information content (AvgIpc) is 3.29. The fraction of sp³-hybridized carbons (Fsp3) is 0.476.